The first-order valence-electron chi connectivity index (χ1n) is 2.24. The number of nitriles is 1. The van der Waals surface area contributed by atoms with Crippen molar-refractivity contribution >= 4 is 0 Å². The number of hydrogen-bond acceptors (Lipinski definition) is 1. The molecule has 0 aliphatic carbocycles. The summed E-state index contributed by atoms with van der Waals surface area (Å²) in [7, 11) is 0. The van der Waals surface area contributed by atoms with Gasteiger partial charge in [-0.3, -0.25) is 0 Å². The lowest BCUT2D eigenvalue weighted by atomic mass is 10.1. The lowest BCUT2D eigenvalue weighted by Gasteiger charge is -1.98. The highest BCUT2D eigenvalue weighted by atomic mass is 16.3. The smallest absolute Gasteiger partial charge is 0.181 e. The Bertz CT molecular complexity index is 82.6. The molecule has 7 heavy (non-hydrogen) atoms. The Balaban J connectivity index is 3.40. The van der Waals surface area contributed by atoms with Crippen LogP contribution in [0, 0.1) is 17.2 Å². The molecule has 2 heteroatoms. The summed E-state index contributed by atoms with van der Waals surface area (Å²) in [6.45, 7) is 3.47. The Morgan fingerprint density at radius 2 is 2.00 bits per heavy atom. The third kappa shape index (κ3) is 2.18. The summed E-state index contributed by atoms with van der Waals surface area (Å²) in [4.78, 5) is 0. The zero-order valence-electron chi connectivity index (χ0n) is 4.51. The van der Waals surface area contributed by atoms with Gasteiger partial charge in [0.25, 0.3) is 0 Å². The van der Waals surface area contributed by atoms with E-state index in [0.29, 0.717) is 0 Å². The predicted octanol–water partition coefficient (Wildman–Crippen LogP) is 0.965. The molecular formula is C5H8NO. The first-order chi connectivity index (χ1) is 3.18. The summed E-state index contributed by atoms with van der Waals surface area (Å²) in [6, 6.07) is 1.61. The number of nitrogens with zero attached hydrogens (tertiary/aromatic N) is 1. The van der Waals surface area contributed by atoms with Crippen molar-refractivity contribution in [2.75, 3.05) is 0 Å². The summed E-state index contributed by atoms with van der Waals surface area (Å²) >= 11 is 0. The molecule has 0 rings (SSSR count). The van der Waals surface area contributed by atoms with Gasteiger partial charge in [-0.2, -0.15) is 5.26 Å². The van der Waals surface area contributed by atoms with Crippen LogP contribution in [0.15, 0.2) is 0 Å². The maximum atomic E-state index is 10.2. The van der Waals surface area contributed by atoms with E-state index < -0.39 is 6.10 Å². The number of rotatable bonds is 1. The molecule has 0 aromatic rings. The molecule has 39 valence electrons. The zero-order valence-corrected chi connectivity index (χ0v) is 4.51. The zero-order chi connectivity index (χ0) is 5.86. The maximum Gasteiger partial charge on any atom is 0.181 e. The van der Waals surface area contributed by atoms with Crippen LogP contribution in [-0.4, -0.2) is 6.10 Å². The molecule has 0 saturated carbocycles. The van der Waals surface area contributed by atoms with Crippen LogP contribution in [-0.2, 0) is 5.11 Å². The van der Waals surface area contributed by atoms with Crippen LogP contribution in [0.1, 0.15) is 13.8 Å². The van der Waals surface area contributed by atoms with Gasteiger partial charge in [0, 0.05) is 0 Å². The molecule has 0 aromatic carbocycles. The van der Waals surface area contributed by atoms with Crippen LogP contribution in [0.2, 0.25) is 0 Å². The van der Waals surface area contributed by atoms with E-state index in [9.17, 15) is 5.11 Å². The van der Waals surface area contributed by atoms with Crippen LogP contribution in [0.4, 0.5) is 0 Å². The molecule has 0 saturated heterocycles. The topological polar surface area (TPSA) is 43.7 Å². The molecule has 0 spiro atoms. The highest BCUT2D eigenvalue weighted by Crippen LogP contribution is 1.97. The Morgan fingerprint density at radius 1 is 1.57 bits per heavy atom. The van der Waals surface area contributed by atoms with Gasteiger partial charge in [-0.1, -0.05) is 13.8 Å². The van der Waals surface area contributed by atoms with Crippen LogP contribution in [0.3, 0.4) is 0 Å². The van der Waals surface area contributed by atoms with Crippen LogP contribution >= 0.6 is 0 Å². The highest BCUT2D eigenvalue weighted by molar-refractivity contribution is 4.83. The van der Waals surface area contributed by atoms with Crippen molar-refractivity contribution < 1.29 is 5.11 Å². The third-order valence-electron chi connectivity index (χ3n) is 0.733. The second kappa shape index (κ2) is 2.59. The fourth-order valence-electron chi connectivity index (χ4n) is 0.149. The Kier molecular flexibility index (Phi) is 2.39. The molecule has 0 fully saturated rings. The van der Waals surface area contributed by atoms with Crippen LogP contribution < -0.4 is 0 Å². The molecule has 1 unspecified atom stereocenters. The normalized spacial score (nSPS) is 13.6. The van der Waals surface area contributed by atoms with Gasteiger partial charge in [0.15, 0.2) is 6.10 Å². The predicted molar refractivity (Wildman–Crippen MR) is 24.9 cm³/mol. The third-order valence-corrected chi connectivity index (χ3v) is 0.733. The van der Waals surface area contributed by atoms with E-state index in [2.05, 4.69) is 0 Å². The van der Waals surface area contributed by atoms with Crippen molar-refractivity contribution in [3.63, 3.8) is 0 Å². The molecule has 0 aliphatic heterocycles. The van der Waals surface area contributed by atoms with Crippen molar-refractivity contribution in [2.45, 2.75) is 20.0 Å². The molecule has 0 bridgehead atoms. The van der Waals surface area contributed by atoms with E-state index in [4.69, 9.17) is 5.26 Å². The number of hydrogen-bond donors (Lipinski definition) is 0. The van der Waals surface area contributed by atoms with Crippen molar-refractivity contribution in [2.24, 2.45) is 5.92 Å². The lowest BCUT2D eigenvalue weighted by molar-refractivity contribution is 0.0963. The Labute approximate surface area is 43.4 Å². The molecule has 0 N–H and O–H groups in total. The quantitative estimate of drug-likeness (QED) is 0.481. The molecule has 1 radical (unpaired) electrons. The van der Waals surface area contributed by atoms with E-state index >= 15 is 0 Å². The minimum atomic E-state index is -1.04. The van der Waals surface area contributed by atoms with E-state index in [0.717, 1.165) is 0 Å². The first kappa shape index (κ1) is 6.45. The second-order valence-corrected chi connectivity index (χ2v) is 1.79. The Morgan fingerprint density at radius 3 is 2.00 bits per heavy atom. The van der Waals surface area contributed by atoms with Crippen molar-refractivity contribution in [3.8, 4) is 6.07 Å². The summed E-state index contributed by atoms with van der Waals surface area (Å²) < 4.78 is 0. The molecule has 0 aliphatic rings. The highest BCUT2D eigenvalue weighted by Gasteiger charge is 2.06. The summed E-state index contributed by atoms with van der Waals surface area (Å²) in [5.41, 5.74) is 0. The molecular weight excluding hydrogens is 90.1 g/mol. The van der Waals surface area contributed by atoms with Crippen molar-refractivity contribution in [1.82, 2.24) is 0 Å². The van der Waals surface area contributed by atoms with E-state index in [-0.39, 0.29) is 5.92 Å². The van der Waals surface area contributed by atoms with Gasteiger partial charge in [-0.15, -0.1) is 0 Å². The molecule has 0 aromatic heterocycles. The van der Waals surface area contributed by atoms with Gasteiger partial charge in [-0.05, 0) is 5.92 Å². The Hall–Kier alpha value is -0.550. The largest absolute Gasteiger partial charge is 0.216 e. The summed E-state index contributed by atoms with van der Waals surface area (Å²) in [5, 5.41) is 18.2. The van der Waals surface area contributed by atoms with Gasteiger partial charge in [0.1, 0.15) is 0 Å². The average Bonchev–Trinajstić information content (AvgIpc) is 1.65. The van der Waals surface area contributed by atoms with Gasteiger partial charge in [0.05, 0.1) is 6.07 Å². The lowest BCUT2D eigenvalue weighted by Crippen LogP contribution is -2.08. The van der Waals surface area contributed by atoms with Crippen LogP contribution in [0.25, 0.3) is 0 Å². The first-order valence-corrected chi connectivity index (χ1v) is 2.24. The fraction of sp³-hybridized carbons (Fsp3) is 0.800. The van der Waals surface area contributed by atoms with E-state index in [1.165, 1.54) is 0 Å². The van der Waals surface area contributed by atoms with E-state index in [1.54, 1.807) is 19.9 Å². The standard InChI is InChI=1S/C5H8NO/c1-4(2)5(7)3-6/h4-5H,1-2H3. The van der Waals surface area contributed by atoms with Gasteiger partial charge in [0.2, 0.25) is 0 Å². The maximum absolute atomic E-state index is 10.2. The average molecular weight is 98.1 g/mol. The molecule has 2 nitrogen and oxygen atoms in total. The molecule has 0 amide bonds. The van der Waals surface area contributed by atoms with E-state index in [1.807, 2.05) is 0 Å². The minimum Gasteiger partial charge on any atom is -0.216 e. The SMILES string of the molecule is CC(C)C([O])C#N. The molecule has 0 heterocycles. The second-order valence-electron chi connectivity index (χ2n) is 1.79. The monoisotopic (exact) mass is 98.1 g/mol. The van der Waals surface area contributed by atoms with Crippen LogP contribution in [0.5, 0.6) is 0 Å². The van der Waals surface area contributed by atoms with Gasteiger partial charge in [-0.25, -0.2) is 5.11 Å². The molecule has 1 atom stereocenters. The summed E-state index contributed by atoms with van der Waals surface area (Å²) in [6.07, 6.45) is -1.04. The van der Waals surface area contributed by atoms with Gasteiger partial charge >= 0.3 is 0 Å². The van der Waals surface area contributed by atoms with Gasteiger partial charge < -0.3 is 0 Å². The minimum absolute atomic E-state index is 0.0509. The van der Waals surface area contributed by atoms with Crippen molar-refractivity contribution in [1.29, 1.82) is 5.26 Å². The fourth-order valence-corrected chi connectivity index (χ4v) is 0.149. The van der Waals surface area contributed by atoms with Crippen molar-refractivity contribution in [3.05, 3.63) is 0 Å². The summed E-state index contributed by atoms with van der Waals surface area (Å²) in [5.74, 6) is -0.0509.